The maximum absolute atomic E-state index is 12.2. The second-order valence-electron chi connectivity index (χ2n) is 5.91. The number of nitrogens with zero attached hydrogens (tertiary/aromatic N) is 2. The predicted molar refractivity (Wildman–Crippen MR) is 91.0 cm³/mol. The normalized spacial score (nSPS) is 14.9. The van der Waals surface area contributed by atoms with E-state index in [1.165, 1.54) is 30.6 Å². The van der Waals surface area contributed by atoms with Crippen LogP contribution in [0.15, 0.2) is 24.3 Å². The zero-order chi connectivity index (χ0) is 16.7. The number of carbonyl (C=O) groups is 2. The van der Waals surface area contributed by atoms with Crippen molar-refractivity contribution in [3.63, 3.8) is 0 Å². The number of nitrogens with one attached hydrogen (secondary N) is 1. The number of carbonyl (C=O) groups excluding carboxylic acids is 1. The van der Waals surface area contributed by atoms with Gasteiger partial charge < -0.3 is 20.2 Å². The van der Waals surface area contributed by atoms with Gasteiger partial charge in [0.25, 0.3) is 0 Å². The predicted octanol–water partition coefficient (Wildman–Crippen LogP) is 3.01. The lowest BCUT2D eigenvalue weighted by Crippen LogP contribution is -2.34. The van der Waals surface area contributed by atoms with Crippen molar-refractivity contribution in [3.8, 4) is 0 Å². The first-order valence-corrected chi connectivity index (χ1v) is 8.16. The Morgan fingerprint density at radius 1 is 1.17 bits per heavy atom. The maximum atomic E-state index is 12.2. The van der Waals surface area contributed by atoms with Crippen molar-refractivity contribution < 1.29 is 14.7 Å². The molecule has 0 saturated carbocycles. The molecular weight excluding hydrogens is 294 g/mol. The van der Waals surface area contributed by atoms with Crippen LogP contribution in [0, 0.1) is 0 Å². The number of aliphatic carboxylic acids is 1. The fourth-order valence-electron chi connectivity index (χ4n) is 2.74. The molecule has 1 aliphatic rings. The van der Waals surface area contributed by atoms with Crippen molar-refractivity contribution in [2.75, 3.05) is 36.9 Å². The van der Waals surface area contributed by atoms with E-state index in [-0.39, 0.29) is 19.0 Å². The maximum Gasteiger partial charge on any atom is 0.321 e. The Balaban J connectivity index is 2.04. The third-order valence-electron chi connectivity index (χ3n) is 4.10. The summed E-state index contributed by atoms with van der Waals surface area (Å²) in [7, 11) is 1.60. The molecule has 1 aromatic carbocycles. The molecule has 1 fully saturated rings. The largest absolute Gasteiger partial charge is 0.481 e. The van der Waals surface area contributed by atoms with Crippen LogP contribution >= 0.6 is 0 Å². The summed E-state index contributed by atoms with van der Waals surface area (Å²) in [4.78, 5) is 26.6. The molecule has 23 heavy (non-hydrogen) atoms. The molecule has 2 rings (SSSR count). The number of urea groups is 1. The van der Waals surface area contributed by atoms with Gasteiger partial charge in [-0.3, -0.25) is 4.79 Å². The minimum absolute atomic E-state index is 0.0578. The third kappa shape index (κ3) is 5.16. The zero-order valence-corrected chi connectivity index (χ0v) is 13.6. The van der Waals surface area contributed by atoms with E-state index in [0.717, 1.165) is 24.5 Å². The van der Waals surface area contributed by atoms with E-state index < -0.39 is 5.97 Å². The van der Waals surface area contributed by atoms with E-state index in [2.05, 4.69) is 10.2 Å². The van der Waals surface area contributed by atoms with Crippen LogP contribution in [0.4, 0.5) is 16.2 Å². The van der Waals surface area contributed by atoms with Crippen molar-refractivity contribution in [2.24, 2.45) is 0 Å². The average molecular weight is 319 g/mol. The smallest absolute Gasteiger partial charge is 0.321 e. The highest BCUT2D eigenvalue weighted by Crippen LogP contribution is 2.28. The number of anilines is 2. The van der Waals surface area contributed by atoms with Gasteiger partial charge in [0, 0.05) is 26.7 Å². The van der Waals surface area contributed by atoms with E-state index in [9.17, 15) is 9.59 Å². The molecule has 1 aromatic rings. The second-order valence-corrected chi connectivity index (χ2v) is 5.91. The van der Waals surface area contributed by atoms with Gasteiger partial charge in [0.1, 0.15) is 0 Å². The summed E-state index contributed by atoms with van der Waals surface area (Å²) in [6, 6.07) is 7.51. The van der Waals surface area contributed by atoms with Crippen LogP contribution in [-0.2, 0) is 4.79 Å². The lowest BCUT2D eigenvalue weighted by molar-refractivity contribution is -0.137. The van der Waals surface area contributed by atoms with Crippen LogP contribution in [0.25, 0.3) is 0 Å². The number of hydrogen-bond donors (Lipinski definition) is 2. The Bertz CT molecular complexity index is 540. The van der Waals surface area contributed by atoms with Crippen molar-refractivity contribution in [1.29, 1.82) is 0 Å². The van der Waals surface area contributed by atoms with E-state index in [1.54, 1.807) is 7.05 Å². The molecular formula is C17H25N3O3. The van der Waals surface area contributed by atoms with E-state index in [0.29, 0.717) is 0 Å². The van der Waals surface area contributed by atoms with Gasteiger partial charge in [0.05, 0.1) is 17.8 Å². The monoisotopic (exact) mass is 319 g/mol. The minimum atomic E-state index is -0.908. The molecule has 6 nitrogen and oxygen atoms in total. The van der Waals surface area contributed by atoms with E-state index in [4.69, 9.17) is 5.11 Å². The molecule has 6 heteroatoms. The highest BCUT2D eigenvalue weighted by atomic mass is 16.4. The highest BCUT2D eigenvalue weighted by Gasteiger charge is 2.16. The summed E-state index contributed by atoms with van der Waals surface area (Å²) in [5.41, 5.74) is 1.82. The van der Waals surface area contributed by atoms with Gasteiger partial charge in [0.2, 0.25) is 0 Å². The molecule has 0 bridgehead atoms. The number of carboxylic acids is 1. The van der Waals surface area contributed by atoms with Crippen molar-refractivity contribution in [1.82, 2.24) is 4.90 Å². The van der Waals surface area contributed by atoms with Crippen LogP contribution in [0.1, 0.15) is 32.1 Å². The van der Waals surface area contributed by atoms with Gasteiger partial charge in [-0.15, -0.1) is 0 Å². The topological polar surface area (TPSA) is 72.9 Å². The lowest BCUT2D eigenvalue weighted by atomic mass is 10.2. The van der Waals surface area contributed by atoms with Crippen molar-refractivity contribution >= 4 is 23.4 Å². The number of benzene rings is 1. The van der Waals surface area contributed by atoms with E-state index >= 15 is 0 Å². The first-order chi connectivity index (χ1) is 11.1. The van der Waals surface area contributed by atoms with Gasteiger partial charge in [-0.25, -0.2) is 4.79 Å². The summed E-state index contributed by atoms with van der Waals surface area (Å²) in [5.74, 6) is -0.908. The lowest BCUT2D eigenvalue weighted by Gasteiger charge is -2.26. The zero-order valence-electron chi connectivity index (χ0n) is 13.6. The number of rotatable bonds is 5. The fourth-order valence-corrected chi connectivity index (χ4v) is 2.74. The molecule has 1 aliphatic heterocycles. The molecule has 0 spiro atoms. The van der Waals surface area contributed by atoms with Gasteiger partial charge in [0.15, 0.2) is 0 Å². The van der Waals surface area contributed by atoms with Crippen LogP contribution in [0.5, 0.6) is 0 Å². The molecule has 2 amide bonds. The first kappa shape index (κ1) is 17.1. The Morgan fingerprint density at radius 2 is 1.83 bits per heavy atom. The van der Waals surface area contributed by atoms with Gasteiger partial charge in [-0.1, -0.05) is 25.0 Å². The summed E-state index contributed by atoms with van der Waals surface area (Å²) in [6.07, 6.45) is 4.78. The number of hydrogen-bond acceptors (Lipinski definition) is 3. The number of para-hydroxylation sites is 2. The van der Waals surface area contributed by atoms with Gasteiger partial charge in [-0.2, -0.15) is 0 Å². The van der Waals surface area contributed by atoms with Crippen molar-refractivity contribution in [2.45, 2.75) is 32.1 Å². The third-order valence-corrected chi connectivity index (χ3v) is 4.10. The Hall–Kier alpha value is -2.24. The number of amides is 2. The van der Waals surface area contributed by atoms with Crippen LogP contribution in [-0.4, -0.2) is 48.7 Å². The molecule has 126 valence electrons. The Kier molecular flexibility index (Phi) is 6.26. The Labute approximate surface area is 137 Å². The van der Waals surface area contributed by atoms with E-state index in [1.807, 2.05) is 24.3 Å². The summed E-state index contributed by atoms with van der Waals surface area (Å²) in [6.45, 7) is 2.19. The van der Waals surface area contributed by atoms with Gasteiger partial charge >= 0.3 is 12.0 Å². The summed E-state index contributed by atoms with van der Waals surface area (Å²) < 4.78 is 0. The molecule has 1 heterocycles. The molecule has 1 saturated heterocycles. The quantitative estimate of drug-likeness (QED) is 0.875. The fraction of sp³-hybridized carbons (Fsp3) is 0.529. The standard InChI is InChI=1S/C17H25N3O3/c1-19(13-10-16(21)22)17(23)18-14-8-4-5-9-15(14)20-11-6-2-3-7-12-20/h4-5,8-9H,2-3,6-7,10-13H2,1H3,(H,18,23)(H,21,22). The summed E-state index contributed by atoms with van der Waals surface area (Å²) in [5, 5.41) is 11.6. The molecule has 2 N–H and O–H groups in total. The van der Waals surface area contributed by atoms with Gasteiger partial charge in [-0.05, 0) is 25.0 Å². The molecule has 0 aliphatic carbocycles. The molecule has 0 radical (unpaired) electrons. The number of carboxylic acid groups (broad SMARTS) is 1. The minimum Gasteiger partial charge on any atom is -0.481 e. The Morgan fingerprint density at radius 3 is 2.48 bits per heavy atom. The molecule has 0 aromatic heterocycles. The second kappa shape index (κ2) is 8.41. The highest BCUT2D eigenvalue weighted by molar-refractivity contribution is 5.93. The summed E-state index contributed by atoms with van der Waals surface area (Å²) >= 11 is 0. The molecule has 0 atom stereocenters. The first-order valence-electron chi connectivity index (χ1n) is 8.16. The SMILES string of the molecule is CN(CCC(=O)O)C(=O)Nc1ccccc1N1CCCCCC1. The van der Waals surface area contributed by atoms with Crippen LogP contribution < -0.4 is 10.2 Å². The average Bonchev–Trinajstić information content (AvgIpc) is 2.82. The molecule has 0 unspecified atom stereocenters. The van der Waals surface area contributed by atoms with Crippen LogP contribution in [0.2, 0.25) is 0 Å². The van der Waals surface area contributed by atoms with Crippen molar-refractivity contribution in [3.05, 3.63) is 24.3 Å². The van der Waals surface area contributed by atoms with Crippen LogP contribution in [0.3, 0.4) is 0 Å².